The molecule has 0 bridgehead atoms. The van der Waals surface area contributed by atoms with Crippen LogP contribution in [0.2, 0.25) is 0 Å². The first-order valence-corrected chi connectivity index (χ1v) is 6.51. The molecule has 1 aromatic carbocycles. The normalized spacial score (nSPS) is 20.4. The van der Waals surface area contributed by atoms with E-state index in [9.17, 15) is 9.59 Å². The highest BCUT2D eigenvalue weighted by Gasteiger charge is 2.35. The topological polar surface area (TPSA) is 85.9 Å². The Morgan fingerprint density at radius 3 is 2.71 bits per heavy atom. The van der Waals surface area contributed by atoms with Gasteiger partial charge in [0.15, 0.2) is 0 Å². The highest BCUT2D eigenvalue weighted by atomic mass is 16.6. The van der Waals surface area contributed by atoms with Crippen molar-refractivity contribution >= 4 is 12.0 Å². The van der Waals surface area contributed by atoms with Crippen LogP contribution in [0, 0.1) is 0 Å². The number of benzene rings is 1. The molecule has 2 amide bonds. The van der Waals surface area contributed by atoms with Gasteiger partial charge in [0, 0.05) is 12.1 Å². The van der Waals surface area contributed by atoms with Crippen LogP contribution in [0.5, 0.6) is 11.5 Å². The van der Waals surface area contributed by atoms with Gasteiger partial charge >= 0.3 is 6.09 Å². The predicted octanol–water partition coefficient (Wildman–Crippen LogP) is 0.817. The summed E-state index contributed by atoms with van der Waals surface area (Å²) in [5.41, 5.74) is 0.781. The molecule has 1 aliphatic rings. The number of cyclic esters (lactones) is 1. The molecule has 0 unspecified atom stereocenters. The van der Waals surface area contributed by atoms with Crippen LogP contribution in [0.4, 0.5) is 4.79 Å². The lowest BCUT2D eigenvalue weighted by Crippen LogP contribution is -2.45. The lowest BCUT2D eigenvalue weighted by molar-refractivity contribution is -0.123. The largest absolute Gasteiger partial charge is 0.497 e. The monoisotopic (exact) mass is 294 g/mol. The molecule has 7 heteroatoms. The molecule has 1 aromatic rings. The van der Waals surface area contributed by atoms with Crippen LogP contribution in [0.15, 0.2) is 18.2 Å². The number of nitrogens with one attached hydrogen (secondary N) is 2. The van der Waals surface area contributed by atoms with Crippen LogP contribution in [0.25, 0.3) is 0 Å². The van der Waals surface area contributed by atoms with E-state index in [1.54, 1.807) is 39.3 Å². The number of hydrogen-bond acceptors (Lipinski definition) is 5. The lowest BCUT2D eigenvalue weighted by Gasteiger charge is -2.15. The van der Waals surface area contributed by atoms with Gasteiger partial charge in [0.1, 0.15) is 23.6 Å². The molecule has 0 saturated carbocycles. The van der Waals surface area contributed by atoms with Crippen molar-refractivity contribution in [3.63, 3.8) is 0 Å². The summed E-state index contributed by atoms with van der Waals surface area (Å²) in [5.74, 6) is 1.01. The molecule has 21 heavy (non-hydrogen) atoms. The number of alkyl carbamates (subject to hydrolysis) is 1. The van der Waals surface area contributed by atoms with E-state index in [2.05, 4.69) is 10.6 Å². The van der Waals surface area contributed by atoms with Crippen molar-refractivity contribution in [3.8, 4) is 11.5 Å². The van der Waals surface area contributed by atoms with Crippen molar-refractivity contribution in [2.24, 2.45) is 0 Å². The summed E-state index contributed by atoms with van der Waals surface area (Å²) in [6, 6.07) is 4.64. The third-order valence-corrected chi connectivity index (χ3v) is 3.26. The average molecular weight is 294 g/mol. The fraction of sp³-hybridized carbons (Fsp3) is 0.429. The first kappa shape index (κ1) is 15.0. The number of ether oxygens (including phenoxy) is 3. The zero-order valence-corrected chi connectivity index (χ0v) is 12.1. The summed E-state index contributed by atoms with van der Waals surface area (Å²) in [7, 11) is 3.12. The number of carbonyl (C=O) groups excluding carboxylic acids is 2. The predicted molar refractivity (Wildman–Crippen MR) is 74.3 cm³/mol. The minimum Gasteiger partial charge on any atom is -0.497 e. The highest BCUT2D eigenvalue weighted by molar-refractivity contribution is 5.88. The average Bonchev–Trinajstić information content (AvgIpc) is 2.83. The molecule has 7 nitrogen and oxygen atoms in total. The van der Waals surface area contributed by atoms with E-state index in [-0.39, 0.29) is 12.5 Å². The van der Waals surface area contributed by atoms with Crippen LogP contribution < -0.4 is 20.1 Å². The van der Waals surface area contributed by atoms with Gasteiger partial charge in [-0.2, -0.15) is 0 Å². The number of amides is 2. The van der Waals surface area contributed by atoms with E-state index in [1.807, 2.05) is 0 Å². The van der Waals surface area contributed by atoms with E-state index in [4.69, 9.17) is 14.2 Å². The van der Waals surface area contributed by atoms with Crippen LogP contribution >= 0.6 is 0 Å². The lowest BCUT2D eigenvalue weighted by atomic mass is 10.1. The van der Waals surface area contributed by atoms with Crippen molar-refractivity contribution in [2.75, 3.05) is 14.2 Å². The summed E-state index contributed by atoms with van der Waals surface area (Å²) in [6.45, 7) is 1.92. The van der Waals surface area contributed by atoms with Gasteiger partial charge in [-0.25, -0.2) is 4.79 Å². The zero-order chi connectivity index (χ0) is 15.4. The van der Waals surface area contributed by atoms with Crippen molar-refractivity contribution < 1.29 is 23.8 Å². The SMILES string of the molecule is COc1ccc(OC)c(CNC(=O)[C@@H]2NC(=O)O[C@@H]2C)c1. The number of methoxy groups -OCH3 is 2. The molecule has 2 rings (SSSR count). The highest BCUT2D eigenvalue weighted by Crippen LogP contribution is 2.23. The van der Waals surface area contributed by atoms with Crippen molar-refractivity contribution in [3.05, 3.63) is 23.8 Å². The van der Waals surface area contributed by atoms with E-state index in [0.717, 1.165) is 5.56 Å². The third-order valence-electron chi connectivity index (χ3n) is 3.26. The van der Waals surface area contributed by atoms with Crippen LogP contribution in [0.3, 0.4) is 0 Å². The molecule has 2 atom stereocenters. The second-order valence-corrected chi connectivity index (χ2v) is 4.63. The Labute approximate surface area is 122 Å². The van der Waals surface area contributed by atoms with Crippen molar-refractivity contribution in [1.29, 1.82) is 0 Å². The smallest absolute Gasteiger partial charge is 0.408 e. The Bertz CT molecular complexity index is 546. The fourth-order valence-electron chi connectivity index (χ4n) is 2.11. The molecular weight excluding hydrogens is 276 g/mol. The molecule has 0 aromatic heterocycles. The Kier molecular flexibility index (Phi) is 4.52. The molecule has 1 aliphatic heterocycles. The third kappa shape index (κ3) is 3.36. The van der Waals surface area contributed by atoms with Gasteiger partial charge < -0.3 is 24.8 Å². The first-order chi connectivity index (χ1) is 10.0. The Morgan fingerprint density at radius 2 is 2.14 bits per heavy atom. The van der Waals surface area contributed by atoms with Gasteiger partial charge in [0.2, 0.25) is 5.91 Å². The van der Waals surface area contributed by atoms with Crippen LogP contribution in [-0.2, 0) is 16.1 Å². The van der Waals surface area contributed by atoms with Crippen LogP contribution in [0.1, 0.15) is 12.5 Å². The summed E-state index contributed by atoms with van der Waals surface area (Å²) in [5, 5.41) is 5.21. The molecule has 1 fully saturated rings. The molecule has 114 valence electrons. The Hall–Kier alpha value is -2.44. The maximum atomic E-state index is 12.1. The minimum atomic E-state index is -0.686. The summed E-state index contributed by atoms with van der Waals surface area (Å²) in [6.07, 6.45) is -1.08. The van der Waals surface area contributed by atoms with E-state index in [0.29, 0.717) is 11.5 Å². The maximum Gasteiger partial charge on any atom is 0.408 e. The van der Waals surface area contributed by atoms with Crippen LogP contribution in [-0.4, -0.2) is 38.4 Å². The molecule has 0 spiro atoms. The van der Waals surface area contributed by atoms with Crippen molar-refractivity contribution in [1.82, 2.24) is 10.6 Å². The molecule has 1 heterocycles. The quantitative estimate of drug-likeness (QED) is 0.839. The zero-order valence-electron chi connectivity index (χ0n) is 12.1. The summed E-state index contributed by atoms with van der Waals surface area (Å²) >= 11 is 0. The van der Waals surface area contributed by atoms with Gasteiger partial charge in [0.05, 0.1) is 14.2 Å². The number of hydrogen-bond donors (Lipinski definition) is 2. The second-order valence-electron chi connectivity index (χ2n) is 4.63. The maximum absolute atomic E-state index is 12.1. The van der Waals surface area contributed by atoms with Gasteiger partial charge in [-0.15, -0.1) is 0 Å². The minimum absolute atomic E-state index is 0.262. The van der Waals surface area contributed by atoms with Crippen molar-refractivity contribution in [2.45, 2.75) is 25.6 Å². The molecule has 2 N–H and O–H groups in total. The summed E-state index contributed by atoms with van der Waals surface area (Å²) < 4.78 is 15.3. The van der Waals surface area contributed by atoms with Gasteiger partial charge in [-0.1, -0.05) is 0 Å². The summed E-state index contributed by atoms with van der Waals surface area (Å²) in [4.78, 5) is 23.1. The fourth-order valence-corrected chi connectivity index (χ4v) is 2.11. The number of rotatable bonds is 5. The van der Waals surface area contributed by atoms with E-state index >= 15 is 0 Å². The van der Waals surface area contributed by atoms with E-state index < -0.39 is 18.2 Å². The number of carbonyl (C=O) groups is 2. The molecule has 0 radical (unpaired) electrons. The van der Waals surface area contributed by atoms with Gasteiger partial charge in [-0.05, 0) is 25.1 Å². The Balaban J connectivity index is 2.02. The standard InChI is InChI=1S/C14H18N2O5/c1-8-12(16-14(18)21-8)13(17)15-7-9-6-10(19-2)4-5-11(9)20-3/h4-6,8,12H,7H2,1-3H3,(H,15,17)(H,16,18)/t8-,12-/m1/s1. The molecule has 1 saturated heterocycles. The second kappa shape index (κ2) is 6.34. The first-order valence-electron chi connectivity index (χ1n) is 6.51. The Morgan fingerprint density at radius 1 is 1.38 bits per heavy atom. The van der Waals surface area contributed by atoms with Gasteiger partial charge in [0.25, 0.3) is 0 Å². The molecule has 0 aliphatic carbocycles. The molecular formula is C14H18N2O5. The van der Waals surface area contributed by atoms with Gasteiger partial charge in [-0.3, -0.25) is 4.79 Å². The van der Waals surface area contributed by atoms with E-state index in [1.165, 1.54) is 0 Å².